The highest BCUT2D eigenvalue weighted by Crippen LogP contribution is 2.45. The zero-order chi connectivity index (χ0) is 63.2. The number of unbranched alkanes of at least 4 members (excludes halogenated alkanes) is 28. The summed E-state index contributed by atoms with van der Waals surface area (Å²) in [5, 5.41) is 10.5. The first-order chi connectivity index (χ1) is 40.6. The van der Waals surface area contributed by atoms with Crippen LogP contribution >= 0.6 is 15.6 Å². The van der Waals surface area contributed by atoms with Crippen LogP contribution in [-0.2, 0) is 65.4 Å². The molecule has 0 amide bonds. The van der Waals surface area contributed by atoms with Gasteiger partial charge in [-0.15, -0.1) is 0 Å². The van der Waals surface area contributed by atoms with Gasteiger partial charge in [0.2, 0.25) is 0 Å². The third-order valence-corrected chi connectivity index (χ3v) is 17.3. The van der Waals surface area contributed by atoms with Gasteiger partial charge in [-0.3, -0.25) is 37.3 Å². The Bertz CT molecular complexity index is 1700. The van der Waals surface area contributed by atoms with E-state index in [0.29, 0.717) is 37.5 Å². The largest absolute Gasteiger partial charge is 0.472 e. The molecule has 0 aromatic rings. The van der Waals surface area contributed by atoms with Crippen molar-refractivity contribution in [2.75, 3.05) is 39.6 Å². The van der Waals surface area contributed by atoms with E-state index < -0.39 is 97.5 Å². The number of esters is 4. The van der Waals surface area contributed by atoms with Crippen molar-refractivity contribution < 1.29 is 80.2 Å². The summed E-state index contributed by atoms with van der Waals surface area (Å²) in [6.07, 6.45) is 36.3. The summed E-state index contributed by atoms with van der Waals surface area (Å²) in [5.41, 5.74) is 0. The Labute approximate surface area is 517 Å². The molecule has 0 aromatic heterocycles. The second kappa shape index (κ2) is 56.1. The van der Waals surface area contributed by atoms with Gasteiger partial charge in [0.05, 0.1) is 26.4 Å². The van der Waals surface area contributed by atoms with E-state index in [2.05, 4.69) is 55.4 Å². The lowest BCUT2D eigenvalue weighted by atomic mass is 9.99. The first kappa shape index (κ1) is 83.1. The molecule has 0 aliphatic carbocycles. The molecule has 0 bridgehead atoms. The molecule has 0 spiro atoms. The lowest BCUT2D eigenvalue weighted by Crippen LogP contribution is -2.30. The van der Waals surface area contributed by atoms with Gasteiger partial charge in [0.25, 0.3) is 0 Å². The van der Waals surface area contributed by atoms with Crippen LogP contribution in [0.15, 0.2) is 0 Å². The summed E-state index contributed by atoms with van der Waals surface area (Å²) in [6, 6.07) is 0. The topological polar surface area (TPSA) is 237 Å². The first-order valence-electron chi connectivity index (χ1n) is 34.2. The highest BCUT2D eigenvalue weighted by atomic mass is 31.2. The molecule has 0 aliphatic heterocycles. The van der Waals surface area contributed by atoms with E-state index in [1.807, 2.05) is 0 Å². The maximum atomic E-state index is 13.0. The molecular formula is C66H128O17P2. The number of aliphatic hydroxyl groups excluding tert-OH is 1. The zero-order valence-corrected chi connectivity index (χ0v) is 57.0. The number of aliphatic hydroxyl groups is 1. The molecule has 504 valence electrons. The third-order valence-electron chi connectivity index (χ3n) is 15.4. The maximum Gasteiger partial charge on any atom is 0.472 e. The average Bonchev–Trinajstić information content (AvgIpc) is 3.62. The van der Waals surface area contributed by atoms with Crippen molar-refractivity contribution in [1.29, 1.82) is 0 Å². The van der Waals surface area contributed by atoms with E-state index >= 15 is 0 Å². The number of phosphoric acid groups is 2. The van der Waals surface area contributed by atoms with Crippen LogP contribution < -0.4 is 0 Å². The van der Waals surface area contributed by atoms with Crippen molar-refractivity contribution in [1.82, 2.24) is 0 Å². The molecule has 4 unspecified atom stereocenters. The summed E-state index contributed by atoms with van der Waals surface area (Å²) in [5.74, 6) is 0.793. The number of hydrogen-bond donors (Lipinski definition) is 3. The Balaban J connectivity index is 5.26. The van der Waals surface area contributed by atoms with Gasteiger partial charge in [0.1, 0.15) is 19.3 Å². The van der Waals surface area contributed by atoms with Gasteiger partial charge in [-0.25, -0.2) is 9.13 Å². The minimum absolute atomic E-state index is 0.103. The smallest absolute Gasteiger partial charge is 0.462 e. The highest BCUT2D eigenvalue weighted by Gasteiger charge is 2.30. The minimum Gasteiger partial charge on any atom is -0.462 e. The van der Waals surface area contributed by atoms with Crippen molar-refractivity contribution in [3.05, 3.63) is 0 Å². The van der Waals surface area contributed by atoms with E-state index in [1.165, 1.54) is 109 Å². The average molecular weight is 1260 g/mol. The molecule has 0 aliphatic rings. The van der Waals surface area contributed by atoms with Gasteiger partial charge in [-0.1, -0.05) is 267 Å². The maximum absolute atomic E-state index is 13.0. The van der Waals surface area contributed by atoms with Crippen LogP contribution in [0.2, 0.25) is 0 Å². The van der Waals surface area contributed by atoms with Gasteiger partial charge < -0.3 is 33.8 Å². The Kier molecular flexibility index (Phi) is 54.8. The van der Waals surface area contributed by atoms with Crippen LogP contribution in [0.3, 0.4) is 0 Å². The van der Waals surface area contributed by atoms with E-state index in [-0.39, 0.29) is 25.7 Å². The monoisotopic (exact) mass is 1250 g/mol. The fourth-order valence-corrected chi connectivity index (χ4v) is 11.3. The molecule has 85 heavy (non-hydrogen) atoms. The number of hydrogen-bond acceptors (Lipinski definition) is 15. The molecule has 0 radical (unpaired) electrons. The number of carbonyl (C=O) groups is 4. The van der Waals surface area contributed by atoms with Crippen molar-refractivity contribution in [3.8, 4) is 0 Å². The quantitative estimate of drug-likeness (QED) is 0.0222. The van der Waals surface area contributed by atoms with Crippen LogP contribution in [0.5, 0.6) is 0 Å². The minimum atomic E-state index is -4.95. The molecule has 0 aromatic carbocycles. The molecule has 19 heteroatoms. The second-order valence-corrected chi connectivity index (χ2v) is 28.4. The highest BCUT2D eigenvalue weighted by molar-refractivity contribution is 7.47. The number of phosphoric ester groups is 2. The third kappa shape index (κ3) is 59.5. The van der Waals surface area contributed by atoms with Gasteiger partial charge in [-0.05, 0) is 49.4 Å². The van der Waals surface area contributed by atoms with Crippen molar-refractivity contribution >= 4 is 39.5 Å². The number of rotatable bonds is 63. The summed E-state index contributed by atoms with van der Waals surface area (Å²) in [6.45, 7) is 14.0. The molecule has 17 nitrogen and oxygen atoms in total. The van der Waals surface area contributed by atoms with Crippen molar-refractivity contribution in [2.45, 2.75) is 337 Å². The molecule has 0 saturated heterocycles. The second-order valence-electron chi connectivity index (χ2n) is 25.5. The molecule has 0 rings (SSSR count). The molecule has 0 saturated carbocycles. The van der Waals surface area contributed by atoms with Crippen LogP contribution in [-0.4, -0.2) is 96.7 Å². The van der Waals surface area contributed by atoms with Gasteiger partial charge in [0, 0.05) is 25.7 Å². The number of ether oxygens (including phenoxy) is 4. The summed E-state index contributed by atoms with van der Waals surface area (Å²) in [4.78, 5) is 72.3. The van der Waals surface area contributed by atoms with Crippen LogP contribution in [0.25, 0.3) is 0 Å². The van der Waals surface area contributed by atoms with Crippen LogP contribution in [0, 0.1) is 23.7 Å². The first-order valence-corrected chi connectivity index (χ1v) is 37.2. The van der Waals surface area contributed by atoms with E-state index in [0.717, 1.165) is 115 Å². The van der Waals surface area contributed by atoms with E-state index in [9.17, 15) is 43.2 Å². The molecule has 0 heterocycles. The molecule has 3 N–H and O–H groups in total. The SMILES string of the molecule is CCC(C)CCCCCCCCCCCCC(=O)O[C@H](COC(=O)CCCCCCCCCC(C)C)COP(=O)(O)OCC(O)COP(=O)(O)OC[C@@H](COC(=O)CCCCCCCCCC(C)C)OC(=O)CCCCCCCCCCC(C)C. The number of carbonyl (C=O) groups excluding carboxylic acids is 4. The molecule has 0 fully saturated rings. The Morgan fingerprint density at radius 2 is 0.565 bits per heavy atom. The van der Waals surface area contributed by atoms with Crippen LogP contribution in [0.4, 0.5) is 0 Å². The van der Waals surface area contributed by atoms with Crippen molar-refractivity contribution in [3.63, 3.8) is 0 Å². The van der Waals surface area contributed by atoms with Gasteiger partial charge in [-0.2, -0.15) is 0 Å². The summed E-state index contributed by atoms with van der Waals surface area (Å²) < 4.78 is 68.1. The van der Waals surface area contributed by atoms with E-state index in [1.54, 1.807) is 0 Å². The predicted octanol–water partition coefficient (Wildman–Crippen LogP) is 18.1. The predicted molar refractivity (Wildman–Crippen MR) is 340 cm³/mol. The molecule has 6 atom stereocenters. The van der Waals surface area contributed by atoms with Gasteiger partial charge in [0.15, 0.2) is 12.2 Å². The standard InChI is InChI=1S/C66H128O17P2/c1-9-59(8)45-37-29-21-12-10-11-13-22-32-40-48-65(70)82-61(52-76-63(68)46-38-30-24-16-19-27-35-43-57(4)5)54-80-84(72,73)78-50-60(67)51-79-85(74,75)81-55-62(53-77-64(69)47-39-31-25-17-20-28-36-44-58(6)7)83-66(71)49-41-33-23-15-14-18-26-34-42-56(2)3/h56-62,67H,9-55H2,1-8H3,(H,72,73)(H,74,75)/t59?,60?,61-,62-/m1/s1. The Hall–Kier alpha value is -1.94. The summed E-state index contributed by atoms with van der Waals surface area (Å²) >= 11 is 0. The normalized spacial score (nSPS) is 14.7. The van der Waals surface area contributed by atoms with E-state index in [4.69, 9.17) is 37.0 Å². The fraction of sp³-hybridized carbons (Fsp3) is 0.939. The lowest BCUT2D eigenvalue weighted by Gasteiger charge is -2.21. The summed E-state index contributed by atoms with van der Waals surface area (Å²) in [7, 11) is -9.89. The zero-order valence-electron chi connectivity index (χ0n) is 55.2. The molecular weight excluding hydrogens is 1130 g/mol. The Morgan fingerprint density at radius 1 is 0.329 bits per heavy atom. The van der Waals surface area contributed by atoms with Crippen molar-refractivity contribution in [2.24, 2.45) is 23.7 Å². The lowest BCUT2D eigenvalue weighted by molar-refractivity contribution is -0.161. The fourth-order valence-electron chi connectivity index (χ4n) is 9.75. The Morgan fingerprint density at radius 3 is 0.835 bits per heavy atom. The van der Waals surface area contributed by atoms with Gasteiger partial charge >= 0.3 is 39.5 Å². The van der Waals surface area contributed by atoms with Crippen LogP contribution in [0.1, 0.15) is 319 Å².